The van der Waals surface area contributed by atoms with Crippen molar-refractivity contribution in [1.82, 2.24) is 0 Å². The van der Waals surface area contributed by atoms with Gasteiger partial charge in [0.05, 0.1) is 21.8 Å². The van der Waals surface area contributed by atoms with E-state index in [1.54, 1.807) is 24.4 Å². The van der Waals surface area contributed by atoms with Gasteiger partial charge >= 0.3 is 0 Å². The van der Waals surface area contributed by atoms with E-state index in [0.717, 1.165) is 5.56 Å². The van der Waals surface area contributed by atoms with E-state index in [1.165, 1.54) is 12.1 Å². The lowest BCUT2D eigenvalue weighted by Crippen LogP contribution is -2.27. The molecule has 30 heavy (non-hydrogen) atoms. The molecule has 1 aliphatic rings. The maximum Gasteiger partial charge on any atom is 0.269 e. The molecule has 0 aromatic heterocycles. The Labute approximate surface area is 174 Å². The third kappa shape index (κ3) is 4.86. The topological polar surface area (TPSA) is 98.6 Å². The van der Waals surface area contributed by atoms with Crippen molar-refractivity contribution in [2.75, 3.05) is 0 Å². The summed E-state index contributed by atoms with van der Waals surface area (Å²) in [5.41, 5.74) is 0.496. The minimum Gasteiger partial charge on any atom is -0.285 e. The predicted octanol–water partition coefficient (Wildman–Crippen LogP) is 5.25. The number of aliphatic imine (C=N–C) groups is 1. The van der Waals surface area contributed by atoms with Crippen LogP contribution in [-0.2, 0) is 12.0 Å². The molecule has 2 aromatic carbocycles. The molecule has 0 saturated carbocycles. The van der Waals surface area contributed by atoms with E-state index in [4.69, 9.17) is 4.99 Å². The summed E-state index contributed by atoms with van der Waals surface area (Å²) in [6, 6.07) is 16.3. The normalized spacial score (nSPS) is 20.5. The second-order valence-corrected chi connectivity index (χ2v) is 7.96. The maximum absolute atomic E-state index is 11.3. The van der Waals surface area contributed by atoms with Gasteiger partial charge in [0.2, 0.25) is 5.70 Å². The fourth-order valence-electron chi connectivity index (χ4n) is 3.56. The molecule has 0 bridgehead atoms. The quantitative estimate of drug-likeness (QED) is 0.357. The van der Waals surface area contributed by atoms with E-state index in [2.05, 4.69) is 0 Å². The number of nitrogens with zero attached hydrogens (tertiary/aromatic N) is 3. The first-order valence-corrected chi connectivity index (χ1v) is 9.59. The first kappa shape index (κ1) is 21.1. The fourth-order valence-corrected chi connectivity index (χ4v) is 3.56. The largest absolute Gasteiger partial charge is 0.285 e. The monoisotopic (exact) mass is 405 g/mol. The van der Waals surface area contributed by atoms with Gasteiger partial charge in [-0.15, -0.1) is 0 Å². The van der Waals surface area contributed by atoms with Gasteiger partial charge in [-0.1, -0.05) is 61.5 Å². The lowest BCUT2D eigenvalue weighted by atomic mass is 9.82. The van der Waals surface area contributed by atoms with Crippen molar-refractivity contribution >= 4 is 11.9 Å². The zero-order chi connectivity index (χ0) is 21.8. The molecule has 0 amide bonds. The van der Waals surface area contributed by atoms with Crippen LogP contribution in [0.1, 0.15) is 31.4 Å². The van der Waals surface area contributed by atoms with E-state index in [0.29, 0.717) is 12.0 Å². The highest BCUT2D eigenvalue weighted by Gasteiger charge is 2.32. The molecular weight excluding hydrogens is 382 g/mol. The van der Waals surface area contributed by atoms with E-state index in [-0.39, 0.29) is 22.7 Å². The number of nitro groups is 2. The van der Waals surface area contributed by atoms with E-state index in [1.807, 2.05) is 56.3 Å². The summed E-state index contributed by atoms with van der Waals surface area (Å²) in [5, 5.41) is 22.5. The van der Waals surface area contributed by atoms with Crippen molar-refractivity contribution in [3.8, 4) is 0 Å². The first-order chi connectivity index (χ1) is 14.2. The minimum absolute atomic E-state index is 0.00401. The van der Waals surface area contributed by atoms with Crippen molar-refractivity contribution in [3.63, 3.8) is 0 Å². The number of allylic oxidation sites excluding steroid dienone is 4. The summed E-state index contributed by atoms with van der Waals surface area (Å²) in [6.07, 6.45) is 7.57. The Balaban J connectivity index is 2.00. The molecule has 0 heterocycles. The van der Waals surface area contributed by atoms with Gasteiger partial charge in [0, 0.05) is 36.3 Å². The van der Waals surface area contributed by atoms with Crippen LogP contribution in [0.15, 0.2) is 83.5 Å². The molecule has 0 radical (unpaired) electrons. The number of hydrogen-bond acceptors (Lipinski definition) is 5. The smallest absolute Gasteiger partial charge is 0.269 e. The highest BCUT2D eigenvalue weighted by atomic mass is 16.6. The van der Waals surface area contributed by atoms with Crippen LogP contribution in [0.3, 0.4) is 0 Å². The Morgan fingerprint density at radius 1 is 1.10 bits per heavy atom. The van der Waals surface area contributed by atoms with E-state index in [9.17, 15) is 20.2 Å². The third-order valence-electron chi connectivity index (χ3n) is 5.28. The van der Waals surface area contributed by atoms with Crippen molar-refractivity contribution in [2.45, 2.75) is 32.2 Å². The minimum atomic E-state index is -0.778. The molecule has 2 unspecified atom stereocenters. The number of rotatable bonds is 7. The van der Waals surface area contributed by atoms with Crippen molar-refractivity contribution in [1.29, 1.82) is 0 Å². The predicted molar refractivity (Wildman–Crippen MR) is 116 cm³/mol. The molecule has 2 aromatic rings. The van der Waals surface area contributed by atoms with E-state index >= 15 is 0 Å². The van der Waals surface area contributed by atoms with Crippen LogP contribution in [0.4, 0.5) is 5.69 Å². The van der Waals surface area contributed by atoms with Gasteiger partial charge in [0.25, 0.3) is 5.69 Å². The second-order valence-electron chi connectivity index (χ2n) is 7.96. The Hall–Kier alpha value is -3.61. The fraction of sp³-hybridized carbons (Fsp3) is 0.261. The average molecular weight is 405 g/mol. The zero-order valence-corrected chi connectivity index (χ0v) is 16.9. The molecule has 0 fully saturated rings. The highest BCUT2D eigenvalue weighted by molar-refractivity contribution is 5.70. The van der Waals surface area contributed by atoms with Gasteiger partial charge < -0.3 is 0 Å². The molecule has 7 nitrogen and oxygen atoms in total. The SMILES string of the molecule is CC1(C=NC(C)(Cc2ccccc2)c2cccc([N+](=O)[O-])c2)C=CC=C([N+](=O)[O-])C1. The Kier molecular flexibility index (Phi) is 5.91. The van der Waals surface area contributed by atoms with Crippen LogP contribution in [0.5, 0.6) is 0 Å². The van der Waals surface area contributed by atoms with Crippen LogP contribution >= 0.6 is 0 Å². The van der Waals surface area contributed by atoms with Gasteiger partial charge in [0.15, 0.2) is 0 Å². The van der Waals surface area contributed by atoms with Gasteiger partial charge in [-0.3, -0.25) is 25.2 Å². The van der Waals surface area contributed by atoms with Crippen molar-refractivity contribution < 1.29 is 9.85 Å². The molecule has 7 heteroatoms. The Morgan fingerprint density at radius 2 is 1.83 bits per heavy atom. The summed E-state index contributed by atoms with van der Waals surface area (Å²) in [5.74, 6) is 0. The molecule has 3 rings (SSSR count). The van der Waals surface area contributed by atoms with Gasteiger partial charge in [-0.2, -0.15) is 0 Å². The molecule has 0 aliphatic heterocycles. The molecular formula is C23H23N3O4. The lowest BCUT2D eigenvalue weighted by Gasteiger charge is -2.29. The van der Waals surface area contributed by atoms with Gasteiger partial charge in [0.1, 0.15) is 0 Å². The summed E-state index contributed by atoms with van der Waals surface area (Å²) in [6.45, 7) is 3.82. The van der Waals surface area contributed by atoms with E-state index < -0.39 is 15.9 Å². The molecule has 0 spiro atoms. The Morgan fingerprint density at radius 3 is 2.50 bits per heavy atom. The standard InChI is InChI=1S/C23H23N3O4/c1-22(13-7-12-21(16-22)26(29)30)17-24-23(2,15-18-8-4-3-5-9-18)19-10-6-11-20(14-19)25(27)28/h3-14,17H,15-16H2,1-2H3. The number of hydrogen-bond donors (Lipinski definition) is 0. The van der Waals surface area contributed by atoms with Crippen LogP contribution in [0.25, 0.3) is 0 Å². The maximum atomic E-state index is 11.3. The third-order valence-corrected chi connectivity index (χ3v) is 5.28. The summed E-state index contributed by atoms with van der Waals surface area (Å²) in [4.78, 5) is 26.6. The van der Waals surface area contributed by atoms with Crippen LogP contribution < -0.4 is 0 Å². The molecule has 0 N–H and O–H groups in total. The molecule has 154 valence electrons. The van der Waals surface area contributed by atoms with Crippen molar-refractivity contribution in [3.05, 3.63) is 110 Å². The molecule has 0 saturated heterocycles. The number of benzene rings is 2. The average Bonchev–Trinajstić information content (AvgIpc) is 2.73. The first-order valence-electron chi connectivity index (χ1n) is 9.59. The van der Waals surface area contributed by atoms with Crippen LogP contribution in [0.2, 0.25) is 0 Å². The van der Waals surface area contributed by atoms with Crippen molar-refractivity contribution in [2.24, 2.45) is 10.4 Å². The lowest BCUT2D eigenvalue weighted by molar-refractivity contribution is -0.429. The highest BCUT2D eigenvalue weighted by Crippen LogP contribution is 2.35. The number of nitro benzene ring substituents is 1. The Bertz CT molecular complexity index is 1050. The second kappa shape index (κ2) is 8.41. The summed E-state index contributed by atoms with van der Waals surface area (Å²) in [7, 11) is 0. The number of non-ortho nitro benzene ring substituents is 1. The summed E-state index contributed by atoms with van der Waals surface area (Å²) >= 11 is 0. The zero-order valence-electron chi connectivity index (χ0n) is 16.9. The summed E-state index contributed by atoms with van der Waals surface area (Å²) < 4.78 is 0. The van der Waals surface area contributed by atoms with Gasteiger partial charge in [-0.05, 0) is 18.1 Å². The van der Waals surface area contributed by atoms with Gasteiger partial charge in [-0.25, -0.2) is 0 Å². The molecule has 1 aliphatic carbocycles. The molecule has 2 atom stereocenters. The van der Waals surface area contributed by atoms with Crippen LogP contribution in [-0.4, -0.2) is 16.1 Å². The van der Waals surface area contributed by atoms with Crippen LogP contribution in [0, 0.1) is 25.6 Å².